The Labute approximate surface area is 218 Å². The van der Waals surface area contributed by atoms with Crippen LogP contribution in [0.5, 0.6) is 0 Å². The minimum absolute atomic E-state index is 0.0126. The number of carbonyl (C=O) groups is 1. The molecule has 0 radical (unpaired) electrons. The molecule has 8 nitrogen and oxygen atoms in total. The molecule has 0 aliphatic rings. The molecule has 0 saturated heterocycles. The summed E-state index contributed by atoms with van der Waals surface area (Å²) in [6.45, 7) is 6.40. The molecule has 2 aromatic carbocycles. The average Bonchev–Trinajstić information content (AvgIpc) is 3.53. The van der Waals surface area contributed by atoms with Crippen molar-refractivity contribution in [2.75, 3.05) is 13.1 Å². The zero-order valence-corrected chi connectivity index (χ0v) is 21.5. The number of aryl methyl sites for hydroxylation is 1. The van der Waals surface area contributed by atoms with E-state index in [0.717, 1.165) is 5.56 Å². The molecule has 38 heavy (non-hydrogen) atoms. The van der Waals surface area contributed by atoms with Gasteiger partial charge >= 0.3 is 0 Å². The summed E-state index contributed by atoms with van der Waals surface area (Å²) in [6.07, 6.45) is 1.53. The van der Waals surface area contributed by atoms with Crippen molar-refractivity contribution in [1.29, 1.82) is 0 Å². The van der Waals surface area contributed by atoms with Gasteiger partial charge in [-0.3, -0.25) is 14.2 Å². The third-order valence-corrected chi connectivity index (χ3v) is 6.62. The maximum Gasteiger partial charge on any atom is 0.297 e. The van der Waals surface area contributed by atoms with Gasteiger partial charge in [0.15, 0.2) is 0 Å². The molecule has 0 aliphatic heterocycles. The van der Waals surface area contributed by atoms with Crippen molar-refractivity contribution in [1.82, 2.24) is 14.5 Å². The second-order valence-electron chi connectivity index (χ2n) is 9.70. The van der Waals surface area contributed by atoms with Gasteiger partial charge in [0.1, 0.15) is 28.5 Å². The van der Waals surface area contributed by atoms with Crippen molar-refractivity contribution in [3.63, 3.8) is 0 Å². The minimum atomic E-state index is -0.627. The number of aromatic nitrogens is 2. The molecule has 0 fully saturated rings. The summed E-state index contributed by atoms with van der Waals surface area (Å²) in [6, 6.07) is 14.2. The van der Waals surface area contributed by atoms with Gasteiger partial charge in [-0.2, -0.15) is 0 Å². The van der Waals surface area contributed by atoms with E-state index in [1.807, 2.05) is 32.9 Å². The largest absolute Gasteiger partial charge is 0.467 e. The van der Waals surface area contributed by atoms with Gasteiger partial charge in [0.05, 0.1) is 18.8 Å². The first-order valence-electron chi connectivity index (χ1n) is 12.5. The number of carbonyl (C=O) groups excluding carboxylic acids is 1. The highest BCUT2D eigenvalue weighted by Crippen LogP contribution is 2.32. The summed E-state index contributed by atoms with van der Waals surface area (Å²) < 4.78 is 27.0. The normalized spacial score (nSPS) is 12.5. The fourth-order valence-electron chi connectivity index (χ4n) is 4.82. The van der Waals surface area contributed by atoms with Gasteiger partial charge in [0.25, 0.3) is 11.5 Å². The van der Waals surface area contributed by atoms with Crippen molar-refractivity contribution < 1.29 is 18.0 Å². The Bertz CT molecular complexity index is 1650. The number of fused-ring (bicyclic) bond motifs is 3. The lowest BCUT2D eigenvalue weighted by Crippen LogP contribution is -2.43. The first kappa shape index (κ1) is 25.4. The Morgan fingerprint density at radius 3 is 2.58 bits per heavy atom. The number of hydrogen-bond donors (Lipinski definition) is 1. The van der Waals surface area contributed by atoms with E-state index in [0.29, 0.717) is 28.1 Å². The Hall–Kier alpha value is -4.24. The van der Waals surface area contributed by atoms with Crippen LogP contribution in [-0.4, -0.2) is 33.4 Å². The number of halogens is 1. The molecule has 2 N–H and O–H groups in total. The summed E-state index contributed by atoms with van der Waals surface area (Å²) in [5.41, 5.74) is 7.68. The van der Waals surface area contributed by atoms with Crippen LogP contribution in [0.3, 0.4) is 0 Å². The molecule has 1 amide bonds. The van der Waals surface area contributed by atoms with Gasteiger partial charge in [0, 0.05) is 24.0 Å². The standard InChI is InChI=1S/C29H29FN4O4/c1-17(2)25(33(13-12-31)28(35)19-8-6-18(3)7-9-19)27-32-24-22-15-20(30)10-11-23(22)38-26(24)29(36)34(27)16-21-5-4-14-37-21/h4-11,14-15,17,25H,12-13,16,31H2,1-3H3. The molecule has 1 unspecified atom stereocenters. The zero-order chi connectivity index (χ0) is 27.0. The zero-order valence-electron chi connectivity index (χ0n) is 21.5. The van der Waals surface area contributed by atoms with E-state index in [4.69, 9.17) is 19.6 Å². The van der Waals surface area contributed by atoms with Crippen LogP contribution in [-0.2, 0) is 6.54 Å². The van der Waals surface area contributed by atoms with E-state index < -0.39 is 17.4 Å². The van der Waals surface area contributed by atoms with Crippen LogP contribution in [0.4, 0.5) is 4.39 Å². The summed E-state index contributed by atoms with van der Waals surface area (Å²) in [7, 11) is 0. The summed E-state index contributed by atoms with van der Waals surface area (Å²) in [5.74, 6) is 0.0291. The molecular weight excluding hydrogens is 487 g/mol. The first-order chi connectivity index (χ1) is 18.3. The summed E-state index contributed by atoms with van der Waals surface area (Å²) in [5, 5.41) is 0.390. The molecule has 3 aromatic heterocycles. The molecule has 5 rings (SSSR count). The number of hydrogen-bond acceptors (Lipinski definition) is 6. The van der Waals surface area contributed by atoms with Gasteiger partial charge < -0.3 is 19.5 Å². The van der Waals surface area contributed by atoms with Crippen molar-refractivity contribution in [2.45, 2.75) is 33.4 Å². The highest BCUT2D eigenvalue weighted by atomic mass is 19.1. The summed E-state index contributed by atoms with van der Waals surface area (Å²) in [4.78, 5) is 34.2. The van der Waals surface area contributed by atoms with E-state index in [9.17, 15) is 14.0 Å². The lowest BCUT2D eigenvalue weighted by Gasteiger charge is -2.35. The van der Waals surface area contributed by atoms with Crippen LogP contribution in [0.15, 0.2) is 74.5 Å². The van der Waals surface area contributed by atoms with Gasteiger partial charge in [-0.25, -0.2) is 9.37 Å². The van der Waals surface area contributed by atoms with Crippen LogP contribution in [0.25, 0.3) is 22.1 Å². The number of rotatable bonds is 8. The molecule has 3 heterocycles. The van der Waals surface area contributed by atoms with Crippen molar-refractivity contribution in [2.24, 2.45) is 11.7 Å². The smallest absolute Gasteiger partial charge is 0.297 e. The lowest BCUT2D eigenvalue weighted by atomic mass is 9.99. The molecule has 5 aromatic rings. The SMILES string of the molecule is Cc1ccc(C(=O)N(CCN)C(c2nc3c(oc4ccc(F)cc43)c(=O)n2Cc2ccco2)C(C)C)cc1. The number of nitrogens with two attached hydrogens (primary N) is 1. The van der Waals surface area contributed by atoms with Gasteiger partial charge in [-0.15, -0.1) is 0 Å². The highest BCUT2D eigenvalue weighted by molar-refractivity contribution is 6.02. The van der Waals surface area contributed by atoms with Gasteiger partial charge in [0.2, 0.25) is 5.58 Å². The molecule has 9 heteroatoms. The Morgan fingerprint density at radius 2 is 1.92 bits per heavy atom. The van der Waals surface area contributed by atoms with Crippen LogP contribution in [0.1, 0.15) is 47.4 Å². The van der Waals surface area contributed by atoms with E-state index >= 15 is 0 Å². The van der Waals surface area contributed by atoms with Crippen LogP contribution in [0, 0.1) is 18.7 Å². The Morgan fingerprint density at radius 1 is 1.16 bits per heavy atom. The topological polar surface area (TPSA) is 108 Å². The van der Waals surface area contributed by atoms with Crippen molar-refractivity contribution >= 4 is 28.0 Å². The first-order valence-corrected chi connectivity index (χ1v) is 12.5. The fourth-order valence-corrected chi connectivity index (χ4v) is 4.82. The molecule has 0 saturated carbocycles. The van der Waals surface area contributed by atoms with Gasteiger partial charge in [-0.05, 0) is 55.3 Å². The Balaban J connectivity index is 1.76. The van der Waals surface area contributed by atoms with Crippen LogP contribution < -0.4 is 11.3 Å². The predicted octanol–water partition coefficient (Wildman–Crippen LogP) is 5.03. The second-order valence-corrected chi connectivity index (χ2v) is 9.70. The minimum Gasteiger partial charge on any atom is -0.467 e. The van der Waals surface area contributed by atoms with E-state index in [1.165, 1.54) is 29.0 Å². The molecule has 1 atom stereocenters. The van der Waals surface area contributed by atoms with Crippen molar-refractivity contribution in [3.05, 3.63) is 99.7 Å². The maximum absolute atomic E-state index is 14.2. The van der Waals surface area contributed by atoms with Gasteiger partial charge in [-0.1, -0.05) is 31.5 Å². The molecule has 0 aliphatic carbocycles. The summed E-state index contributed by atoms with van der Waals surface area (Å²) >= 11 is 0. The number of benzene rings is 2. The Kier molecular flexibility index (Phi) is 6.86. The molecule has 196 valence electrons. The number of amides is 1. The number of furan rings is 2. The predicted molar refractivity (Wildman–Crippen MR) is 142 cm³/mol. The average molecular weight is 517 g/mol. The quantitative estimate of drug-likeness (QED) is 0.310. The van der Waals surface area contributed by atoms with E-state index in [1.54, 1.807) is 29.2 Å². The van der Waals surface area contributed by atoms with E-state index in [-0.39, 0.29) is 42.6 Å². The second kappa shape index (κ2) is 10.3. The maximum atomic E-state index is 14.2. The van der Waals surface area contributed by atoms with Crippen LogP contribution >= 0.6 is 0 Å². The molecule has 0 bridgehead atoms. The molecule has 0 spiro atoms. The molecular formula is C29H29FN4O4. The van der Waals surface area contributed by atoms with Crippen LogP contribution in [0.2, 0.25) is 0 Å². The monoisotopic (exact) mass is 516 g/mol. The highest BCUT2D eigenvalue weighted by Gasteiger charge is 2.33. The van der Waals surface area contributed by atoms with Crippen molar-refractivity contribution in [3.8, 4) is 0 Å². The fraction of sp³-hybridized carbons (Fsp3) is 0.276. The third-order valence-electron chi connectivity index (χ3n) is 6.62. The third kappa shape index (κ3) is 4.61. The number of nitrogens with zero attached hydrogens (tertiary/aromatic N) is 3. The lowest BCUT2D eigenvalue weighted by molar-refractivity contribution is 0.0612. The van der Waals surface area contributed by atoms with E-state index in [2.05, 4.69) is 0 Å².